The minimum absolute atomic E-state index is 0.299. The lowest BCUT2D eigenvalue weighted by atomic mass is 10.1. The monoisotopic (exact) mass is 442 g/mol. The Morgan fingerprint density at radius 3 is 2.56 bits per heavy atom. The quantitative estimate of drug-likeness (QED) is 0.303. The highest BCUT2D eigenvalue weighted by molar-refractivity contribution is 7.11. The van der Waals surface area contributed by atoms with Crippen molar-refractivity contribution in [3.05, 3.63) is 100 Å². The average Bonchev–Trinajstić information content (AvgIpc) is 3.32. The van der Waals surface area contributed by atoms with Gasteiger partial charge in [0.15, 0.2) is 11.5 Å². The molecular formula is C26H19FN2O2S. The Balaban J connectivity index is 1.59. The molecule has 0 saturated heterocycles. The van der Waals surface area contributed by atoms with E-state index in [1.807, 2.05) is 53.9 Å². The molecule has 0 amide bonds. The molecule has 0 fully saturated rings. The fourth-order valence-corrected chi connectivity index (χ4v) is 3.89. The summed E-state index contributed by atoms with van der Waals surface area (Å²) < 4.78 is 24.6. The maximum Gasteiger partial charge on any atom is 0.162 e. The third-order valence-electron chi connectivity index (χ3n) is 4.73. The van der Waals surface area contributed by atoms with Crippen molar-refractivity contribution in [2.75, 3.05) is 7.11 Å². The third-order valence-corrected chi connectivity index (χ3v) is 5.61. The molecule has 0 aliphatic rings. The van der Waals surface area contributed by atoms with Crippen molar-refractivity contribution in [3.8, 4) is 28.8 Å². The highest BCUT2D eigenvalue weighted by Crippen LogP contribution is 2.32. The van der Waals surface area contributed by atoms with Crippen LogP contribution >= 0.6 is 11.3 Å². The third kappa shape index (κ3) is 5.02. The van der Waals surface area contributed by atoms with Gasteiger partial charge in [-0.2, -0.15) is 5.26 Å². The van der Waals surface area contributed by atoms with Crippen LogP contribution < -0.4 is 9.47 Å². The van der Waals surface area contributed by atoms with Gasteiger partial charge >= 0.3 is 0 Å². The fraction of sp³-hybridized carbons (Fsp3) is 0.0769. The van der Waals surface area contributed by atoms with Crippen molar-refractivity contribution in [2.24, 2.45) is 0 Å². The molecule has 0 unspecified atom stereocenters. The van der Waals surface area contributed by atoms with Gasteiger partial charge in [0, 0.05) is 10.9 Å². The van der Waals surface area contributed by atoms with E-state index >= 15 is 0 Å². The number of benzene rings is 3. The number of ether oxygens (including phenoxy) is 2. The molecule has 32 heavy (non-hydrogen) atoms. The van der Waals surface area contributed by atoms with Gasteiger partial charge in [-0.1, -0.05) is 36.4 Å². The number of nitriles is 1. The van der Waals surface area contributed by atoms with Gasteiger partial charge < -0.3 is 9.47 Å². The van der Waals surface area contributed by atoms with Crippen LogP contribution in [0.2, 0.25) is 0 Å². The SMILES string of the molecule is COc1ccc(C=C(C#N)c2nc(-c3ccc(F)cc3)cs2)cc1OCc1ccccc1. The number of rotatable bonds is 7. The minimum Gasteiger partial charge on any atom is -0.493 e. The van der Waals surface area contributed by atoms with Crippen LogP contribution in [0.15, 0.2) is 78.2 Å². The van der Waals surface area contributed by atoms with Gasteiger partial charge in [0.25, 0.3) is 0 Å². The van der Waals surface area contributed by atoms with E-state index in [-0.39, 0.29) is 5.82 Å². The zero-order valence-electron chi connectivity index (χ0n) is 17.3. The van der Waals surface area contributed by atoms with E-state index in [1.165, 1.54) is 23.5 Å². The molecule has 4 aromatic rings. The Kier molecular flexibility index (Phi) is 6.59. The summed E-state index contributed by atoms with van der Waals surface area (Å²) in [6, 6.07) is 23.7. The minimum atomic E-state index is -0.299. The molecule has 6 heteroatoms. The summed E-state index contributed by atoms with van der Waals surface area (Å²) in [6.45, 7) is 0.406. The number of allylic oxidation sites excluding steroid dienone is 1. The van der Waals surface area contributed by atoms with Crippen LogP contribution in [0, 0.1) is 17.1 Å². The van der Waals surface area contributed by atoms with Crippen molar-refractivity contribution in [1.82, 2.24) is 4.98 Å². The number of halogens is 1. The lowest BCUT2D eigenvalue weighted by Gasteiger charge is -2.11. The largest absolute Gasteiger partial charge is 0.493 e. The van der Waals surface area contributed by atoms with E-state index in [2.05, 4.69) is 11.1 Å². The molecular weight excluding hydrogens is 423 g/mol. The molecule has 0 spiro atoms. The number of aromatic nitrogens is 1. The van der Waals surface area contributed by atoms with Crippen LogP contribution in [0.4, 0.5) is 4.39 Å². The topological polar surface area (TPSA) is 55.1 Å². The molecule has 0 aliphatic carbocycles. The first-order valence-electron chi connectivity index (χ1n) is 9.84. The molecule has 4 nitrogen and oxygen atoms in total. The van der Waals surface area contributed by atoms with Gasteiger partial charge in [-0.25, -0.2) is 9.37 Å². The molecule has 0 bridgehead atoms. The van der Waals surface area contributed by atoms with Crippen molar-refractivity contribution in [2.45, 2.75) is 6.61 Å². The molecule has 3 aromatic carbocycles. The Hall–Kier alpha value is -3.95. The Labute approximate surface area is 189 Å². The first-order valence-corrected chi connectivity index (χ1v) is 10.7. The number of hydrogen-bond donors (Lipinski definition) is 0. The van der Waals surface area contributed by atoms with Crippen molar-refractivity contribution < 1.29 is 13.9 Å². The van der Waals surface area contributed by atoms with Crippen LogP contribution in [0.3, 0.4) is 0 Å². The van der Waals surface area contributed by atoms with Gasteiger partial charge in [-0.05, 0) is 53.6 Å². The van der Waals surface area contributed by atoms with Gasteiger partial charge in [-0.3, -0.25) is 0 Å². The normalized spacial score (nSPS) is 11.1. The maximum atomic E-state index is 13.2. The Morgan fingerprint density at radius 1 is 1.06 bits per heavy atom. The standard InChI is InChI=1S/C26H19FN2O2S/c1-30-24-12-7-19(14-25(24)31-16-18-5-3-2-4-6-18)13-21(15-28)26-29-23(17-32-26)20-8-10-22(27)11-9-20/h2-14,17H,16H2,1H3. The van der Waals surface area contributed by atoms with E-state index < -0.39 is 0 Å². The second-order valence-electron chi connectivity index (χ2n) is 6.90. The predicted octanol–water partition coefficient (Wildman–Crippen LogP) is 6.60. The zero-order chi connectivity index (χ0) is 22.3. The molecule has 0 radical (unpaired) electrons. The van der Waals surface area contributed by atoms with E-state index in [0.717, 1.165) is 16.7 Å². The number of thiazole rings is 1. The van der Waals surface area contributed by atoms with Gasteiger partial charge in [0.2, 0.25) is 0 Å². The predicted molar refractivity (Wildman–Crippen MR) is 125 cm³/mol. The number of methoxy groups -OCH3 is 1. The second kappa shape index (κ2) is 9.90. The first-order chi connectivity index (χ1) is 15.7. The molecule has 0 N–H and O–H groups in total. The lowest BCUT2D eigenvalue weighted by Crippen LogP contribution is -1.98. The van der Waals surface area contributed by atoms with Crippen molar-refractivity contribution >= 4 is 23.0 Å². The zero-order valence-corrected chi connectivity index (χ0v) is 18.1. The van der Waals surface area contributed by atoms with Crippen LogP contribution in [0.25, 0.3) is 22.9 Å². The highest BCUT2D eigenvalue weighted by Gasteiger charge is 2.11. The highest BCUT2D eigenvalue weighted by atomic mass is 32.1. The molecule has 0 aliphatic heterocycles. The smallest absolute Gasteiger partial charge is 0.162 e. The maximum absolute atomic E-state index is 13.2. The summed E-state index contributed by atoms with van der Waals surface area (Å²) in [5.74, 6) is 0.907. The Bertz CT molecular complexity index is 1280. The Morgan fingerprint density at radius 2 is 1.84 bits per heavy atom. The average molecular weight is 443 g/mol. The van der Waals surface area contributed by atoms with Crippen LogP contribution in [-0.4, -0.2) is 12.1 Å². The molecule has 1 heterocycles. The number of nitrogens with zero attached hydrogens (tertiary/aromatic N) is 2. The summed E-state index contributed by atoms with van der Waals surface area (Å²) in [6.07, 6.45) is 1.77. The summed E-state index contributed by atoms with van der Waals surface area (Å²) in [4.78, 5) is 4.56. The van der Waals surface area contributed by atoms with Crippen LogP contribution in [-0.2, 0) is 6.61 Å². The lowest BCUT2D eigenvalue weighted by molar-refractivity contribution is 0.284. The van der Waals surface area contributed by atoms with E-state index in [0.29, 0.717) is 34.4 Å². The van der Waals surface area contributed by atoms with Crippen molar-refractivity contribution in [3.63, 3.8) is 0 Å². The summed E-state index contributed by atoms with van der Waals surface area (Å²) >= 11 is 1.37. The molecule has 0 saturated carbocycles. The molecule has 1 aromatic heterocycles. The number of hydrogen-bond acceptors (Lipinski definition) is 5. The molecule has 0 atom stereocenters. The summed E-state index contributed by atoms with van der Waals surface area (Å²) in [7, 11) is 1.59. The second-order valence-corrected chi connectivity index (χ2v) is 7.76. The summed E-state index contributed by atoms with van der Waals surface area (Å²) in [5.41, 5.74) is 3.77. The summed E-state index contributed by atoms with van der Waals surface area (Å²) in [5, 5.41) is 12.2. The van der Waals surface area contributed by atoms with E-state index in [1.54, 1.807) is 25.3 Å². The first kappa shape index (κ1) is 21.3. The van der Waals surface area contributed by atoms with E-state index in [9.17, 15) is 9.65 Å². The van der Waals surface area contributed by atoms with Crippen LogP contribution in [0.1, 0.15) is 16.1 Å². The molecule has 4 rings (SSSR count). The van der Waals surface area contributed by atoms with E-state index in [4.69, 9.17) is 9.47 Å². The van der Waals surface area contributed by atoms with Crippen molar-refractivity contribution in [1.29, 1.82) is 5.26 Å². The van der Waals surface area contributed by atoms with Gasteiger partial charge in [-0.15, -0.1) is 11.3 Å². The van der Waals surface area contributed by atoms with Crippen LogP contribution in [0.5, 0.6) is 11.5 Å². The molecule has 158 valence electrons. The van der Waals surface area contributed by atoms with Gasteiger partial charge in [0.05, 0.1) is 18.4 Å². The van der Waals surface area contributed by atoms with Gasteiger partial charge in [0.1, 0.15) is 23.5 Å². The fourth-order valence-electron chi connectivity index (χ4n) is 3.09.